The molecule has 0 spiro atoms. The van der Waals surface area contributed by atoms with Crippen molar-refractivity contribution >= 4 is 17.5 Å². The summed E-state index contributed by atoms with van der Waals surface area (Å²) >= 11 is 0. The summed E-state index contributed by atoms with van der Waals surface area (Å²) in [7, 11) is 0. The number of rotatable bonds is 12. The van der Waals surface area contributed by atoms with E-state index in [2.05, 4.69) is 25.6 Å². The lowest BCUT2D eigenvalue weighted by Gasteiger charge is -2.09. The van der Waals surface area contributed by atoms with Crippen LogP contribution in [0.3, 0.4) is 0 Å². The number of benzene rings is 1. The normalized spacial score (nSPS) is 13.7. The molecular formula is C24H30FN7O3. The largest absolute Gasteiger partial charge is 0.494 e. The number of unbranched alkanes of at least 4 members (excludes halogenated alkanes) is 3. The zero-order valence-corrected chi connectivity index (χ0v) is 19.5. The molecule has 3 aromatic rings. The van der Waals surface area contributed by atoms with Gasteiger partial charge in [0.1, 0.15) is 17.1 Å². The van der Waals surface area contributed by atoms with Gasteiger partial charge in [-0.3, -0.25) is 10.0 Å². The van der Waals surface area contributed by atoms with Gasteiger partial charge in [-0.2, -0.15) is 0 Å². The summed E-state index contributed by atoms with van der Waals surface area (Å²) in [5.41, 5.74) is 2.88. The summed E-state index contributed by atoms with van der Waals surface area (Å²) in [4.78, 5) is 19.3. The number of hydroxylamine groups is 1. The monoisotopic (exact) mass is 483 g/mol. The van der Waals surface area contributed by atoms with Crippen LogP contribution in [0.1, 0.15) is 63.8 Å². The summed E-state index contributed by atoms with van der Waals surface area (Å²) in [5, 5.41) is 19.8. The van der Waals surface area contributed by atoms with Gasteiger partial charge in [-0.05, 0) is 49.9 Å². The van der Waals surface area contributed by atoms with Crippen molar-refractivity contribution in [3.8, 4) is 17.1 Å². The standard InChI is InChI=1S/C24H30FN7O3/c25-20-15-26-24(28-23(20)21-16-32(31-29-21)18-7-4-5-8-18)27-17-10-12-19(13-11-17)35-14-6-2-1-3-9-22(33)30-34/h10-13,15-16,18,34H,1-9,14H2,(H,30,33)(H,26,27,28). The average Bonchev–Trinajstić information content (AvgIpc) is 3.58. The molecule has 3 N–H and O–H groups in total. The van der Waals surface area contributed by atoms with Gasteiger partial charge in [0.2, 0.25) is 11.9 Å². The van der Waals surface area contributed by atoms with Crippen LogP contribution in [0.2, 0.25) is 0 Å². The van der Waals surface area contributed by atoms with Crippen LogP contribution in [0.15, 0.2) is 36.7 Å². The van der Waals surface area contributed by atoms with Gasteiger partial charge in [0, 0.05) is 12.1 Å². The van der Waals surface area contributed by atoms with Crippen LogP contribution in [0.25, 0.3) is 11.4 Å². The number of ether oxygens (including phenoxy) is 1. The summed E-state index contributed by atoms with van der Waals surface area (Å²) in [5.74, 6) is 0.0959. The molecule has 0 aliphatic heterocycles. The molecule has 186 valence electrons. The second kappa shape index (κ2) is 12.2. The number of hydrogen-bond donors (Lipinski definition) is 3. The molecule has 0 saturated heterocycles. The van der Waals surface area contributed by atoms with Gasteiger partial charge in [-0.15, -0.1) is 5.10 Å². The summed E-state index contributed by atoms with van der Waals surface area (Å²) in [6.45, 7) is 0.574. The number of nitrogens with one attached hydrogen (secondary N) is 2. The first-order valence-corrected chi connectivity index (χ1v) is 12.0. The van der Waals surface area contributed by atoms with E-state index in [1.807, 2.05) is 28.9 Å². The average molecular weight is 484 g/mol. The number of carbonyl (C=O) groups is 1. The van der Waals surface area contributed by atoms with Gasteiger partial charge >= 0.3 is 0 Å². The molecule has 0 atom stereocenters. The Balaban J connectivity index is 1.27. The Bertz CT molecular complexity index is 1100. The van der Waals surface area contributed by atoms with Crippen molar-refractivity contribution < 1.29 is 19.1 Å². The Morgan fingerprint density at radius 2 is 1.91 bits per heavy atom. The minimum atomic E-state index is -0.547. The van der Waals surface area contributed by atoms with Crippen molar-refractivity contribution in [3.63, 3.8) is 0 Å². The van der Waals surface area contributed by atoms with Crippen molar-refractivity contribution in [2.45, 2.75) is 63.8 Å². The Morgan fingerprint density at radius 1 is 1.14 bits per heavy atom. The van der Waals surface area contributed by atoms with E-state index in [9.17, 15) is 9.18 Å². The Labute approximate surface area is 202 Å². The van der Waals surface area contributed by atoms with Gasteiger partial charge in [-0.1, -0.05) is 30.9 Å². The molecule has 0 bridgehead atoms. The topological polar surface area (TPSA) is 127 Å². The summed E-state index contributed by atoms with van der Waals surface area (Å²) in [6, 6.07) is 7.67. The molecule has 1 saturated carbocycles. The van der Waals surface area contributed by atoms with Gasteiger partial charge in [0.25, 0.3) is 0 Å². The molecule has 1 amide bonds. The van der Waals surface area contributed by atoms with Gasteiger partial charge in [-0.25, -0.2) is 24.5 Å². The van der Waals surface area contributed by atoms with E-state index < -0.39 is 5.82 Å². The number of anilines is 2. The second-order valence-corrected chi connectivity index (χ2v) is 8.61. The first-order chi connectivity index (χ1) is 17.1. The van der Waals surface area contributed by atoms with Crippen molar-refractivity contribution in [1.29, 1.82) is 0 Å². The fourth-order valence-electron chi connectivity index (χ4n) is 4.09. The predicted molar refractivity (Wildman–Crippen MR) is 127 cm³/mol. The number of nitrogens with zero attached hydrogens (tertiary/aromatic N) is 5. The van der Waals surface area contributed by atoms with E-state index in [1.165, 1.54) is 12.8 Å². The molecular weight excluding hydrogens is 453 g/mol. The highest BCUT2D eigenvalue weighted by Gasteiger charge is 2.20. The third kappa shape index (κ3) is 6.95. The lowest BCUT2D eigenvalue weighted by Crippen LogP contribution is -2.17. The van der Waals surface area contributed by atoms with Crippen LogP contribution < -0.4 is 15.5 Å². The molecule has 1 aliphatic carbocycles. The third-order valence-electron chi connectivity index (χ3n) is 6.00. The van der Waals surface area contributed by atoms with E-state index in [0.717, 1.165) is 56.2 Å². The highest BCUT2D eigenvalue weighted by Crippen LogP contribution is 2.30. The van der Waals surface area contributed by atoms with Crippen molar-refractivity contribution in [2.75, 3.05) is 11.9 Å². The Kier molecular flexibility index (Phi) is 8.55. The minimum absolute atomic E-state index is 0.115. The molecule has 1 aliphatic rings. The smallest absolute Gasteiger partial charge is 0.243 e. The maximum absolute atomic E-state index is 14.4. The molecule has 2 aromatic heterocycles. The van der Waals surface area contributed by atoms with Crippen molar-refractivity contribution in [2.24, 2.45) is 0 Å². The van der Waals surface area contributed by atoms with Crippen molar-refractivity contribution in [1.82, 2.24) is 30.4 Å². The highest BCUT2D eigenvalue weighted by atomic mass is 19.1. The van der Waals surface area contributed by atoms with Crippen LogP contribution in [-0.2, 0) is 4.79 Å². The minimum Gasteiger partial charge on any atom is -0.494 e. The fraction of sp³-hybridized carbons (Fsp3) is 0.458. The second-order valence-electron chi connectivity index (χ2n) is 8.61. The first-order valence-electron chi connectivity index (χ1n) is 12.0. The number of amides is 1. The van der Waals surface area contributed by atoms with Gasteiger partial charge < -0.3 is 10.1 Å². The SMILES string of the molecule is O=C(CCCCCCOc1ccc(Nc2ncc(F)c(-c3cn(C4CCCC4)nn3)n2)cc1)NO. The Morgan fingerprint density at radius 3 is 2.69 bits per heavy atom. The van der Waals surface area contributed by atoms with Gasteiger partial charge in [0.15, 0.2) is 5.82 Å². The zero-order chi connectivity index (χ0) is 24.5. The van der Waals surface area contributed by atoms with Crippen LogP contribution in [-0.4, -0.2) is 42.7 Å². The third-order valence-corrected chi connectivity index (χ3v) is 6.00. The molecule has 1 fully saturated rings. The molecule has 35 heavy (non-hydrogen) atoms. The summed E-state index contributed by atoms with van der Waals surface area (Å²) < 4.78 is 22.0. The molecule has 1 aromatic carbocycles. The van der Waals surface area contributed by atoms with Crippen LogP contribution in [0.4, 0.5) is 16.0 Å². The lowest BCUT2D eigenvalue weighted by atomic mass is 10.1. The van der Waals surface area contributed by atoms with Crippen molar-refractivity contribution in [3.05, 3.63) is 42.5 Å². The van der Waals surface area contributed by atoms with Gasteiger partial charge in [0.05, 0.1) is 25.0 Å². The lowest BCUT2D eigenvalue weighted by molar-refractivity contribution is -0.129. The Hall–Kier alpha value is -3.60. The first kappa shape index (κ1) is 24.5. The molecule has 2 heterocycles. The maximum atomic E-state index is 14.4. The fourth-order valence-corrected chi connectivity index (χ4v) is 4.09. The number of aromatic nitrogens is 5. The quantitative estimate of drug-likeness (QED) is 0.194. The highest BCUT2D eigenvalue weighted by molar-refractivity contribution is 5.74. The number of carbonyl (C=O) groups excluding carboxylic acids is 1. The molecule has 4 rings (SSSR count). The van der Waals surface area contributed by atoms with E-state index in [-0.39, 0.29) is 17.5 Å². The zero-order valence-electron chi connectivity index (χ0n) is 19.5. The van der Waals surface area contributed by atoms with Crippen LogP contribution in [0.5, 0.6) is 5.75 Å². The van der Waals surface area contributed by atoms with E-state index in [1.54, 1.807) is 11.7 Å². The molecule has 10 nitrogen and oxygen atoms in total. The summed E-state index contributed by atoms with van der Waals surface area (Å²) in [6.07, 6.45) is 11.1. The van der Waals surface area contributed by atoms with Crippen LogP contribution in [0, 0.1) is 5.82 Å². The molecule has 11 heteroatoms. The number of halogens is 1. The molecule has 0 radical (unpaired) electrons. The van der Waals surface area contributed by atoms with E-state index in [4.69, 9.17) is 9.94 Å². The molecule has 0 unspecified atom stereocenters. The van der Waals surface area contributed by atoms with Crippen LogP contribution >= 0.6 is 0 Å². The van der Waals surface area contributed by atoms with E-state index >= 15 is 0 Å². The van der Waals surface area contributed by atoms with E-state index in [0.29, 0.717) is 24.8 Å². The predicted octanol–water partition coefficient (Wildman–Crippen LogP) is 4.57. The number of hydrogen-bond acceptors (Lipinski definition) is 8. The maximum Gasteiger partial charge on any atom is 0.243 e.